The van der Waals surface area contributed by atoms with Crippen LogP contribution in [0.3, 0.4) is 0 Å². The summed E-state index contributed by atoms with van der Waals surface area (Å²) >= 11 is 0. The van der Waals surface area contributed by atoms with E-state index in [2.05, 4.69) is 164 Å². The molecule has 0 amide bonds. The molecule has 13 aromatic rings. The first-order valence-corrected chi connectivity index (χ1v) is 21.5. The molecule has 5 heteroatoms. The quantitative estimate of drug-likeness (QED) is 0.156. The Morgan fingerprint density at radius 3 is 1.72 bits per heavy atom. The lowest BCUT2D eigenvalue weighted by Crippen LogP contribution is -1.96. The summed E-state index contributed by atoms with van der Waals surface area (Å²) in [6.07, 6.45) is 0. The van der Waals surface area contributed by atoms with Crippen LogP contribution in [-0.4, -0.2) is 15.0 Å². The lowest BCUT2D eigenvalue weighted by molar-refractivity contribution is 0.669. The van der Waals surface area contributed by atoms with Crippen molar-refractivity contribution in [3.63, 3.8) is 0 Å². The Morgan fingerprint density at radius 2 is 0.906 bits per heavy atom. The molecular formula is C59H35N3O2. The lowest BCUT2D eigenvalue weighted by atomic mass is 9.88. The third-order valence-corrected chi connectivity index (χ3v) is 12.5. The Kier molecular flexibility index (Phi) is 8.15. The molecule has 5 nitrogen and oxygen atoms in total. The van der Waals surface area contributed by atoms with Crippen molar-refractivity contribution in [2.75, 3.05) is 0 Å². The minimum atomic E-state index is 0.639. The van der Waals surface area contributed by atoms with E-state index in [1.807, 2.05) is 48.5 Å². The van der Waals surface area contributed by atoms with E-state index in [1.165, 1.54) is 5.56 Å². The fourth-order valence-electron chi connectivity index (χ4n) is 9.51. The molecule has 0 saturated carbocycles. The van der Waals surface area contributed by atoms with Gasteiger partial charge in [0.05, 0.1) is 22.6 Å². The van der Waals surface area contributed by atoms with Crippen molar-refractivity contribution in [1.29, 1.82) is 0 Å². The Hall–Kier alpha value is -8.67. The first kappa shape index (κ1) is 36.0. The molecule has 64 heavy (non-hydrogen) atoms. The van der Waals surface area contributed by atoms with E-state index in [0.29, 0.717) is 5.82 Å². The zero-order chi connectivity index (χ0) is 42.1. The number of benzene rings is 9. The smallest absolute Gasteiger partial charge is 0.160 e. The van der Waals surface area contributed by atoms with Gasteiger partial charge < -0.3 is 8.83 Å². The number of hydrogen-bond donors (Lipinski definition) is 0. The number of hydrogen-bond acceptors (Lipinski definition) is 5. The number of pyridine rings is 1. The molecule has 0 unspecified atom stereocenters. The summed E-state index contributed by atoms with van der Waals surface area (Å²) in [5, 5.41) is 7.46. The van der Waals surface area contributed by atoms with Gasteiger partial charge >= 0.3 is 0 Å². The molecule has 0 aliphatic heterocycles. The van der Waals surface area contributed by atoms with Crippen molar-refractivity contribution in [2.24, 2.45) is 0 Å². The minimum Gasteiger partial charge on any atom is -0.456 e. The van der Waals surface area contributed by atoms with Gasteiger partial charge in [-0.2, -0.15) is 0 Å². The second kappa shape index (κ2) is 14.5. The molecule has 0 bridgehead atoms. The van der Waals surface area contributed by atoms with Crippen LogP contribution in [0, 0.1) is 0 Å². The number of rotatable bonds is 6. The first-order valence-electron chi connectivity index (χ1n) is 21.5. The predicted molar refractivity (Wildman–Crippen MR) is 262 cm³/mol. The van der Waals surface area contributed by atoms with Crippen LogP contribution in [0.25, 0.3) is 133 Å². The highest BCUT2D eigenvalue weighted by atomic mass is 16.3. The Morgan fingerprint density at radius 1 is 0.312 bits per heavy atom. The highest BCUT2D eigenvalue weighted by molar-refractivity contribution is 6.28. The summed E-state index contributed by atoms with van der Waals surface area (Å²) in [7, 11) is 0. The minimum absolute atomic E-state index is 0.639. The van der Waals surface area contributed by atoms with Gasteiger partial charge in [-0.1, -0.05) is 170 Å². The van der Waals surface area contributed by atoms with E-state index in [0.717, 1.165) is 122 Å². The average molecular weight is 818 g/mol. The van der Waals surface area contributed by atoms with Gasteiger partial charge in [-0.15, -0.1) is 0 Å². The molecule has 0 aliphatic carbocycles. The number of fused-ring (bicyclic) bond motifs is 9. The highest BCUT2D eigenvalue weighted by Crippen LogP contribution is 2.47. The van der Waals surface area contributed by atoms with E-state index in [-0.39, 0.29) is 0 Å². The van der Waals surface area contributed by atoms with Crippen molar-refractivity contribution in [1.82, 2.24) is 15.0 Å². The standard InChI is InChI=1S/C59H35N3O2/c1-3-15-36(16-4-1)37-29-31-38(32-30-37)57-47-34-53-56(46-23-9-12-28-52(46)63-53)54(55(47)44-22-7-10-26-48(44)60-57)41-20-13-19-40(33-41)49-35-50(62-59(61-49)39-17-5-2-6-18-39)45-25-14-24-43-42-21-8-11-27-51(42)64-58(43)45/h1-35H. The molecule has 0 N–H and O–H groups in total. The van der Waals surface area contributed by atoms with Crippen molar-refractivity contribution in [3.8, 4) is 67.4 Å². The largest absolute Gasteiger partial charge is 0.456 e. The van der Waals surface area contributed by atoms with Gasteiger partial charge in [0.15, 0.2) is 5.82 Å². The van der Waals surface area contributed by atoms with Crippen molar-refractivity contribution in [3.05, 3.63) is 212 Å². The molecule has 298 valence electrons. The summed E-state index contributed by atoms with van der Waals surface area (Å²) in [5.74, 6) is 0.639. The molecule has 4 heterocycles. The number of furan rings is 2. The van der Waals surface area contributed by atoms with E-state index in [4.69, 9.17) is 23.8 Å². The van der Waals surface area contributed by atoms with Gasteiger partial charge in [-0.05, 0) is 59.2 Å². The Balaban J connectivity index is 1.06. The molecule has 0 aliphatic rings. The maximum absolute atomic E-state index is 6.75. The van der Waals surface area contributed by atoms with Gasteiger partial charge in [0.25, 0.3) is 0 Å². The van der Waals surface area contributed by atoms with Crippen LogP contribution in [0.1, 0.15) is 0 Å². The van der Waals surface area contributed by atoms with E-state index >= 15 is 0 Å². The normalized spacial score (nSPS) is 11.8. The van der Waals surface area contributed by atoms with Crippen molar-refractivity contribution in [2.45, 2.75) is 0 Å². The molecule has 13 rings (SSSR count). The fraction of sp³-hybridized carbons (Fsp3) is 0. The number of nitrogens with zero attached hydrogens (tertiary/aromatic N) is 3. The SMILES string of the molecule is c1ccc(-c2ccc(-c3nc4ccccc4c4c(-c5cccc(-c6cc(-c7cccc8c7oc7ccccc78)nc(-c7ccccc7)n6)c5)c5c(cc34)oc3ccccc35)cc2)cc1. The predicted octanol–water partition coefficient (Wildman–Crippen LogP) is 16.0. The van der Waals surface area contributed by atoms with Crippen molar-refractivity contribution >= 4 is 65.6 Å². The zero-order valence-corrected chi connectivity index (χ0v) is 34.4. The Labute approximate surface area is 367 Å². The van der Waals surface area contributed by atoms with Gasteiger partial charge in [0.1, 0.15) is 22.3 Å². The van der Waals surface area contributed by atoms with E-state index in [1.54, 1.807) is 0 Å². The molecular weight excluding hydrogens is 783 g/mol. The van der Waals surface area contributed by atoms with Crippen LogP contribution in [0.15, 0.2) is 221 Å². The third-order valence-electron chi connectivity index (χ3n) is 12.5. The molecule has 0 fully saturated rings. The van der Waals surface area contributed by atoms with Crippen LogP contribution in [-0.2, 0) is 0 Å². The Bertz CT molecular complexity index is 3950. The highest BCUT2D eigenvalue weighted by Gasteiger charge is 2.23. The fourth-order valence-corrected chi connectivity index (χ4v) is 9.51. The van der Waals surface area contributed by atoms with Crippen LogP contribution in [0.2, 0.25) is 0 Å². The molecule has 0 atom stereocenters. The molecule has 4 aromatic heterocycles. The average Bonchev–Trinajstić information content (AvgIpc) is 3.94. The molecule has 0 radical (unpaired) electrons. The summed E-state index contributed by atoms with van der Waals surface area (Å²) in [6, 6.07) is 73.7. The monoisotopic (exact) mass is 817 g/mol. The van der Waals surface area contributed by atoms with Crippen LogP contribution >= 0.6 is 0 Å². The van der Waals surface area contributed by atoms with Gasteiger partial charge in [0, 0.05) is 65.5 Å². The summed E-state index contributed by atoms with van der Waals surface area (Å²) in [6.45, 7) is 0. The molecule has 0 saturated heterocycles. The van der Waals surface area contributed by atoms with E-state index in [9.17, 15) is 0 Å². The second-order valence-corrected chi connectivity index (χ2v) is 16.3. The van der Waals surface area contributed by atoms with Gasteiger partial charge in [-0.25, -0.2) is 15.0 Å². The topological polar surface area (TPSA) is 65.0 Å². The maximum atomic E-state index is 6.75. The van der Waals surface area contributed by atoms with Crippen LogP contribution in [0.4, 0.5) is 0 Å². The zero-order valence-electron chi connectivity index (χ0n) is 34.4. The van der Waals surface area contributed by atoms with E-state index < -0.39 is 0 Å². The summed E-state index contributed by atoms with van der Waals surface area (Å²) in [4.78, 5) is 15.9. The van der Waals surface area contributed by atoms with Gasteiger partial charge in [-0.3, -0.25) is 0 Å². The second-order valence-electron chi connectivity index (χ2n) is 16.3. The summed E-state index contributed by atoms with van der Waals surface area (Å²) < 4.78 is 13.3. The number of aromatic nitrogens is 3. The first-order chi connectivity index (χ1) is 31.7. The molecule has 9 aromatic carbocycles. The van der Waals surface area contributed by atoms with Crippen LogP contribution in [0.5, 0.6) is 0 Å². The van der Waals surface area contributed by atoms with Crippen LogP contribution < -0.4 is 0 Å². The maximum Gasteiger partial charge on any atom is 0.160 e. The summed E-state index contributed by atoms with van der Waals surface area (Å²) in [5.41, 5.74) is 15.0. The van der Waals surface area contributed by atoms with Crippen molar-refractivity contribution < 1.29 is 8.83 Å². The number of para-hydroxylation sites is 4. The van der Waals surface area contributed by atoms with Gasteiger partial charge in [0.2, 0.25) is 0 Å². The lowest BCUT2D eigenvalue weighted by Gasteiger charge is -2.16. The third kappa shape index (κ3) is 5.83. The molecule has 0 spiro atoms.